The quantitative estimate of drug-likeness (QED) is 0.171. The topological polar surface area (TPSA) is 17.0 Å². The van der Waals surface area contributed by atoms with Crippen molar-refractivity contribution >= 4 is 86.6 Å². The maximum atomic E-state index is 3.57. The second kappa shape index (κ2) is 15.1. The molecule has 1 N–H and O–H groups in total. The lowest BCUT2D eigenvalue weighted by Crippen LogP contribution is -1.93. The Morgan fingerprint density at radius 3 is 1.53 bits per heavy atom. The summed E-state index contributed by atoms with van der Waals surface area (Å²) in [5.74, 6) is 0. The average Bonchev–Trinajstić information content (AvgIpc) is 3.55. The molecule has 0 aliphatic carbocycles. The zero-order valence-electron chi connectivity index (χ0n) is 30.2. The predicted octanol–water partition coefficient (Wildman–Crippen LogP) is 15.7. The van der Waals surface area contributed by atoms with Gasteiger partial charge in [0.05, 0.1) is 11.0 Å². The third kappa shape index (κ3) is 6.84. The SMILES string of the molecule is Cc1ccc2c(-c3ccc(Br)cc3)c3ccccc3c(-c3ccc(Br)cc3)c2c1.c1ccc(Nc2ccc3c(c2)c2ccccc2n3-c2ccccc2)cc1. The third-order valence-corrected chi connectivity index (χ3v) is 11.3. The Balaban J connectivity index is 0.000000145. The summed E-state index contributed by atoms with van der Waals surface area (Å²) in [6.07, 6.45) is 0. The van der Waals surface area contributed by atoms with E-state index >= 15 is 0 Å². The highest BCUT2D eigenvalue weighted by atomic mass is 79.9. The van der Waals surface area contributed by atoms with Gasteiger partial charge in [0.15, 0.2) is 0 Å². The molecular formula is C51H36Br2N2. The molecule has 4 heteroatoms. The van der Waals surface area contributed by atoms with Crippen LogP contribution in [-0.4, -0.2) is 4.57 Å². The van der Waals surface area contributed by atoms with Gasteiger partial charge in [-0.3, -0.25) is 0 Å². The van der Waals surface area contributed by atoms with E-state index in [-0.39, 0.29) is 0 Å². The molecule has 0 amide bonds. The lowest BCUT2D eigenvalue weighted by molar-refractivity contribution is 1.18. The third-order valence-electron chi connectivity index (χ3n) is 10.2. The van der Waals surface area contributed by atoms with Crippen molar-refractivity contribution in [2.24, 2.45) is 0 Å². The Morgan fingerprint density at radius 1 is 0.382 bits per heavy atom. The second-order valence-corrected chi connectivity index (χ2v) is 15.6. The number of para-hydroxylation sites is 3. The highest BCUT2D eigenvalue weighted by molar-refractivity contribution is 9.10. The van der Waals surface area contributed by atoms with Crippen molar-refractivity contribution in [1.82, 2.24) is 4.57 Å². The minimum atomic E-state index is 1.09. The number of rotatable bonds is 5. The summed E-state index contributed by atoms with van der Waals surface area (Å²) in [5.41, 5.74) is 12.2. The van der Waals surface area contributed by atoms with Crippen LogP contribution in [-0.2, 0) is 0 Å². The summed E-state index contributed by atoms with van der Waals surface area (Å²) in [7, 11) is 0. The summed E-state index contributed by atoms with van der Waals surface area (Å²) in [6, 6.07) is 68.8. The number of anilines is 2. The van der Waals surface area contributed by atoms with Gasteiger partial charge in [0.1, 0.15) is 0 Å². The number of halogens is 2. The summed E-state index contributed by atoms with van der Waals surface area (Å²) in [6.45, 7) is 2.17. The van der Waals surface area contributed by atoms with Gasteiger partial charge in [-0.05, 0) is 124 Å². The van der Waals surface area contributed by atoms with Crippen LogP contribution >= 0.6 is 31.9 Å². The molecule has 55 heavy (non-hydrogen) atoms. The molecule has 264 valence electrons. The number of nitrogens with one attached hydrogen (secondary N) is 1. The van der Waals surface area contributed by atoms with E-state index in [9.17, 15) is 0 Å². The van der Waals surface area contributed by atoms with Crippen molar-refractivity contribution < 1.29 is 0 Å². The van der Waals surface area contributed by atoms with Crippen LogP contribution in [0.4, 0.5) is 11.4 Å². The molecule has 0 aliphatic rings. The summed E-state index contributed by atoms with van der Waals surface area (Å²) >= 11 is 7.14. The molecule has 1 aromatic heterocycles. The van der Waals surface area contributed by atoms with Crippen LogP contribution in [0.1, 0.15) is 5.56 Å². The van der Waals surface area contributed by atoms with Gasteiger partial charge in [-0.1, -0.05) is 159 Å². The van der Waals surface area contributed by atoms with Gasteiger partial charge in [-0.2, -0.15) is 0 Å². The molecule has 1 heterocycles. The molecule has 0 atom stereocenters. The van der Waals surface area contributed by atoms with Gasteiger partial charge < -0.3 is 9.88 Å². The van der Waals surface area contributed by atoms with E-state index in [4.69, 9.17) is 0 Å². The monoisotopic (exact) mass is 834 g/mol. The first-order valence-corrected chi connectivity index (χ1v) is 20.0. The Morgan fingerprint density at radius 2 is 0.891 bits per heavy atom. The van der Waals surface area contributed by atoms with Crippen LogP contribution in [0.15, 0.2) is 203 Å². The standard InChI is InChI=1S/C27H18Br2.C24H18N2/c1-17-6-15-24-25(16-17)27(19-9-13-21(29)14-10-19)23-5-3-2-4-22(23)26(24)18-7-11-20(28)12-8-18;1-3-9-18(10-4-1)25-19-15-16-24-22(17-19)21-13-7-8-14-23(21)26(24)20-11-5-2-6-12-20/h2-16H,1H3;1-17,25H. The Labute approximate surface area is 338 Å². The van der Waals surface area contributed by atoms with Gasteiger partial charge in [0.25, 0.3) is 0 Å². The van der Waals surface area contributed by atoms with Crippen LogP contribution in [0.2, 0.25) is 0 Å². The van der Waals surface area contributed by atoms with E-state index in [1.807, 2.05) is 18.2 Å². The second-order valence-electron chi connectivity index (χ2n) is 13.8. The van der Waals surface area contributed by atoms with Crippen molar-refractivity contribution in [3.05, 3.63) is 209 Å². The molecule has 0 fully saturated rings. The number of fused-ring (bicyclic) bond motifs is 5. The first-order chi connectivity index (χ1) is 27.0. The molecule has 0 unspecified atom stereocenters. The predicted molar refractivity (Wildman–Crippen MR) is 243 cm³/mol. The van der Waals surface area contributed by atoms with Gasteiger partial charge in [0, 0.05) is 36.8 Å². The highest BCUT2D eigenvalue weighted by Gasteiger charge is 2.17. The summed E-state index contributed by atoms with van der Waals surface area (Å²) in [4.78, 5) is 0. The van der Waals surface area contributed by atoms with Gasteiger partial charge in [0.2, 0.25) is 0 Å². The number of aryl methyl sites for hydroxylation is 1. The molecule has 0 saturated carbocycles. The lowest BCUT2D eigenvalue weighted by atomic mass is 9.85. The van der Waals surface area contributed by atoms with E-state index in [1.165, 1.54) is 76.9 Å². The smallest absolute Gasteiger partial charge is 0.0542 e. The number of aromatic nitrogens is 1. The van der Waals surface area contributed by atoms with Crippen LogP contribution in [0, 0.1) is 6.92 Å². The Hall–Kier alpha value is -5.94. The zero-order valence-corrected chi connectivity index (χ0v) is 33.4. The number of benzene rings is 9. The van der Waals surface area contributed by atoms with E-state index in [0.717, 1.165) is 20.3 Å². The number of nitrogens with zero attached hydrogens (tertiary/aromatic N) is 1. The minimum absolute atomic E-state index is 1.09. The van der Waals surface area contributed by atoms with Crippen molar-refractivity contribution in [2.45, 2.75) is 6.92 Å². The lowest BCUT2D eigenvalue weighted by Gasteiger charge is -2.18. The van der Waals surface area contributed by atoms with Gasteiger partial charge in [-0.25, -0.2) is 0 Å². The van der Waals surface area contributed by atoms with Gasteiger partial charge >= 0.3 is 0 Å². The first-order valence-electron chi connectivity index (χ1n) is 18.4. The van der Waals surface area contributed by atoms with Gasteiger partial charge in [-0.15, -0.1) is 0 Å². The average molecular weight is 837 g/mol. The fraction of sp³-hybridized carbons (Fsp3) is 0.0196. The highest BCUT2D eigenvalue weighted by Crippen LogP contribution is 2.44. The first kappa shape index (κ1) is 34.8. The van der Waals surface area contributed by atoms with E-state index in [1.54, 1.807) is 0 Å². The normalized spacial score (nSPS) is 11.2. The molecule has 0 radical (unpaired) electrons. The molecule has 0 bridgehead atoms. The maximum Gasteiger partial charge on any atom is 0.0542 e. The van der Waals surface area contributed by atoms with Crippen molar-refractivity contribution in [3.8, 4) is 27.9 Å². The fourth-order valence-corrected chi connectivity index (χ4v) is 8.27. The molecular weight excluding hydrogens is 800 g/mol. The molecule has 0 saturated heterocycles. The Bertz CT molecular complexity index is 2950. The van der Waals surface area contributed by atoms with E-state index in [2.05, 4.69) is 225 Å². The van der Waals surface area contributed by atoms with Crippen LogP contribution < -0.4 is 5.32 Å². The van der Waals surface area contributed by atoms with Crippen LogP contribution in [0.3, 0.4) is 0 Å². The fourth-order valence-electron chi connectivity index (χ4n) is 7.74. The van der Waals surface area contributed by atoms with Crippen molar-refractivity contribution in [3.63, 3.8) is 0 Å². The molecule has 10 aromatic rings. The summed E-state index contributed by atoms with van der Waals surface area (Å²) < 4.78 is 4.52. The minimum Gasteiger partial charge on any atom is -0.356 e. The molecule has 2 nitrogen and oxygen atoms in total. The maximum absolute atomic E-state index is 3.57. The molecule has 9 aromatic carbocycles. The largest absolute Gasteiger partial charge is 0.356 e. The summed E-state index contributed by atoms with van der Waals surface area (Å²) in [5, 5.41) is 11.2. The number of hydrogen-bond acceptors (Lipinski definition) is 1. The Kier molecular flexibility index (Phi) is 9.53. The van der Waals surface area contributed by atoms with Crippen LogP contribution in [0.5, 0.6) is 0 Å². The van der Waals surface area contributed by atoms with Crippen molar-refractivity contribution in [1.29, 1.82) is 0 Å². The van der Waals surface area contributed by atoms with Crippen molar-refractivity contribution in [2.75, 3.05) is 5.32 Å². The molecule has 0 aliphatic heterocycles. The molecule has 10 rings (SSSR count). The molecule has 0 spiro atoms. The van der Waals surface area contributed by atoms with E-state index in [0.29, 0.717) is 0 Å². The zero-order chi connectivity index (χ0) is 37.3. The van der Waals surface area contributed by atoms with E-state index < -0.39 is 0 Å². The van der Waals surface area contributed by atoms with Crippen LogP contribution in [0.25, 0.3) is 71.3 Å². The number of hydrogen-bond donors (Lipinski definition) is 1.